The van der Waals surface area contributed by atoms with Gasteiger partial charge in [-0.15, -0.1) is 0 Å². The van der Waals surface area contributed by atoms with E-state index in [0.29, 0.717) is 4.90 Å². The van der Waals surface area contributed by atoms with E-state index in [4.69, 9.17) is 16.7 Å². The van der Waals surface area contributed by atoms with Crippen molar-refractivity contribution in [2.75, 3.05) is 18.5 Å². The van der Waals surface area contributed by atoms with Crippen LogP contribution in [0.15, 0.2) is 30.0 Å². The summed E-state index contributed by atoms with van der Waals surface area (Å²) in [6, 6.07) is 3.17. The van der Waals surface area contributed by atoms with Crippen molar-refractivity contribution in [2.24, 2.45) is 0 Å². The van der Waals surface area contributed by atoms with Crippen molar-refractivity contribution in [3.8, 4) is 0 Å². The number of rotatable bonds is 4. The van der Waals surface area contributed by atoms with Crippen molar-refractivity contribution in [2.45, 2.75) is 6.18 Å². The van der Waals surface area contributed by atoms with E-state index in [1.54, 1.807) is 0 Å². The molecule has 2 N–H and O–H groups in total. The third-order valence-corrected chi connectivity index (χ3v) is 3.23. The number of halogens is 4. The molecule has 0 aromatic heterocycles. The molecule has 0 saturated carbocycles. The first-order valence-electron chi connectivity index (χ1n) is 6.07. The van der Waals surface area contributed by atoms with Gasteiger partial charge in [-0.25, -0.2) is 0 Å². The number of aliphatic hydroxyl groups excluding tert-OH is 1. The normalized spacial score (nSPS) is 15.3. The van der Waals surface area contributed by atoms with Crippen LogP contribution in [0.1, 0.15) is 5.56 Å². The Balaban J connectivity index is 2.35. The predicted octanol–water partition coefficient (Wildman–Crippen LogP) is 2.02. The number of hydrogen-bond acceptors (Lipinski definition) is 4. The number of aliphatic hydroxyl groups is 1. The summed E-state index contributed by atoms with van der Waals surface area (Å²) in [4.78, 5) is 24.2. The topological polar surface area (TPSA) is 69.6 Å². The summed E-state index contributed by atoms with van der Waals surface area (Å²) in [5.41, 5.74) is -1.89. The van der Waals surface area contributed by atoms with Crippen LogP contribution in [-0.4, -0.2) is 35.0 Å². The summed E-state index contributed by atoms with van der Waals surface area (Å²) >= 11 is 5.76. The lowest BCUT2D eigenvalue weighted by Gasteiger charge is -2.17. The van der Waals surface area contributed by atoms with Crippen LogP contribution in [0.4, 0.5) is 18.9 Å². The minimum Gasteiger partial charge on any atom is -0.395 e. The molecule has 5 nitrogen and oxygen atoms in total. The second-order valence-electron chi connectivity index (χ2n) is 4.36. The molecule has 0 fully saturated rings. The molecule has 0 atom stereocenters. The molecule has 0 radical (unpaired) electrons. The fraction of sp³-hybridized carbons (Fsp3) is 0.231. The highest BCUT2D eigenvalue weighted by atomic mass is 35.5. The second kappa shape index (κ2) is 5.98. The lowest BCUT2D eigenvalue weighted by molar-refractivity contribution is -0.138. The standard InChI is InChI=1S/C13H10ClF3N2O3/c14-8-3-1-2-7(13(15,16)17)11(8)18-9-6-10(21)19(4-5-20)12(9)22/h1-3,6,18,20H,4-5H2. The maximum absolute atomic E-state index is 13.0. The van der Waals surface area contributed by atoms with Gasteiger partial charge in [0, 0.05) is 6.08 Å². The highest BCUT2D eigenvalue weighted by Crippen LogP contribution is 2.39. The first kappa shape index (κ1) is 16.3. The van der Waals surface area contributed by atoms with Gasteiger partial charge in [-0.3, -0.25) is 14.5 Å². The summed E-state index contributed by atoms with van der Waals surface area (Å²) < 4.78 is 38.9. The van der Waals surface area contributed by atoms with Gasteiger partial charge >= 0.3 is 6.18 Å². The van der Waals surface area contributed by atoms with E-state index < -0.39 is 35.8 Å². The zero-order chi connectivity index (χ0) is 16.5. The summed E-state index contributed by atoms with van der Waals surface area (Å²) in [5.74, 6) is -1.55. The molecule has 1 aromatic carbocycles. The Hall–Kier alpha value is -2.06. The predicted molar refractivity (Wildman–Crippen MR) is 72.0 cm³/mol. The Labute approximate surface area is 128 Å². The number of β-amino-alcohol motifs (C(OH)–C–C–N with tert-alkyl or cyclic N) is 1. The van der Waals surface area contributed by atoms with Gasteiger partial charge in [0.15, 0.2) is 0 Å². The molecule has 1 aromatic rings. The van der Waals surface area contributed by atoms with Gasteiger partial charge in [-0.05, 0) is 12.1 Å². The first-order chi connectivity index (χ1) is 10.3. The van der Waals surface area contributed by atoms with Crippen molar-refractivity contribution in [1.29, 1.82) is 0 Å². The highest BCUT2D eigenvalue weighted by molar-refractivity contribution is 6.33. The van der Waals surface area contributed by atoms with Crippen molar-refractivity contribution in [3.05, 3.63) is 40.6 Å². The number of carbonyl (C=O) groups excluding carboxylic acids is 2. The number of amides is 2. The Morgan fingerprint density at radius 2 is 1.95 bits per heavy atom. The average molecular weight is 335 g/mol. The Bertz CT molecular complexity index is 658. The van der Waals surface area contributed by atoms with Gasteiger partial charge in [0.05, 0.1) is 29.4 Å². The number of nitrogens with one attached hydrogen (secondary N) is 1. The zero-order valence-corrected chi connectivity index (χ0v) is 11.7. The van der Waals surface area contributed by atoms with Crippen molar-refractivity contribution in [1.82, 2.24) is 4.90 Å². The maximum atomic E-state index is 13.0. The monoisotopic (exact) mass is 334 g/mol. The summed E-state index contributed by atoms with van der Waals surface area (Å²) in [7, 11) is 0. The second-order valence-corrected chi connectivity index (χ2v) is 4.77. The number of anilines is 1. The zero-order valence-electron chi connectivity index (χ0n) is 10.9. The number of hydrogen-bond donors (Lipinski definition) is 2. The minimum absolute atomic E-state index is 0.239. The Morgan fingerprint density at radius 3 is 2.55 bits per heavy atom. The summed E-state index contributed by atoms with van der Waals surface area (Å²) in [5, 5.41) is 10.8. The Kier molecular flexibility index (Phi) is 4.43. The third-order valence-electron chi connectivity index (χ3n) is 2.91. The summed E-state index contributed by atoms with van der Waals surface area (Å²) in [6.07, 6.45) is -3.81. The van der Waals surface area contributed by atoms with E-state index in [9.17, 15) is 22.8 Å². The number of para-hydroxylation sites is 1. The number of imide groups is 1. The number of carbonyl (C=O) groups is 2. The molecule has 9 heteroatoms. The third kappa shape index (κ3) is 3.07. The van der Waals surface area contributed by atoms with Gasteiger partial charge < -0.3 is 10.4 Å². The van der Waals surface area contributed by atoms with E-state index in [2.05, 4.69) is 5.32 Å². The van der Waals surface area contributed by atoms with Crippen LogP contribution in [0.3, 0.4) is 0 Å². The molecule has 0 spiro atoms. The molecule has 0 unspecified atom stereocenters. The molecule has 1 aliphatic heterocycles. The van der Waals surface area contributed by atoms with E-state index in [1.807, 2.05) is 0 Å². The first-order valence-corrected chi connectivity index (χ1v) is 6.44. The Morgan fingerprint density at radius 1 is 1.27 bits per heavy atom. The van der Waals surface area contributed by atoms with Crippen molar-refractivity contribution < 1.29 is 27.9 Å². The average Bonchev–Trinajstić information content (AvgIpc) is 2.68. The molecule has 0 bridgehead atoms. The van der Waals surface area contributed by atoms with Gasteiger partial charge in [0.25, 0.3) is 11.8 Å². The largest absolute Gasteiger partial charge is 0.418 e. The van der Waals surface area contributed by atoms with E-state index in [-0.39, 0.29) is 17.3 Å². The molecule has 2 amide bonds. The van der Waals surface area contributed by atoms with E-state index in [1.165, 1.54) is 6.07 Å². The quantitative estimate of drug-likeness (QED) is 0.827. The fourth-order valence-corrected chi connectivity index (χ4v) is 2.15. The lowest BCUT2D eigenvalue weighted by Crippen LogP contribution is -2.34. The fourth-order valence-electron chi connectivity index (χ4n) is 1.93. The van der Waals surface area contributed by atoms with Crippen LogP contribution in [0, 0.1) is 0 Å². The van der Waals surface area contributed by atoms with Crippen LogP contribution in [0.25, 0.3) is 0 Å². The number of nitrogens with zero attached hydrogens (tertiary/aromatic N) is 1. The van der Waals surface area contributed by atoms with Gasteiger partial charge in [0.1, 0.15) is 5.70 Å². The van der Waals surface area contributed by atoms with Gasteiger partial charge in [0.2, 0.25) is 0 Å². The molecular formula is C13H10ClF3N2O3. The smallest absolute Gasteiger partial charge is 0.395 e. The van der Waals surface area contributed by atoms with E-state index >= 15 is 0 Å². The minimum atomic E-state index is -4.68. The number of benzene rings is 1. The molecule has 1 aliphatic rings. The molecular weight excluding hydrogens is 325 g/mol. The lowest BCUT2D eigenvalue weighted by atomic mass is 10.1. The van der Waals surface area contributed by atoms with Crippen molar-refractivity contribution in [3.63, 3.8) is 0 Å². The van der Waals surface area contributed by atoms with Crippen LogP contribution < -0.4 is 5.32 Å². The molecule has 1 heterocycles. The highest BCUT2D eigenvalue weighted by Gasteiger charge is 2.36. The molecule has 0 saturated heterocycles. The maximum Gasteiger partial charge on any atom is 0.418 e. The molecule has 118 valence electrons. The van der Waals surface area contributed by atoms with Crippen LogP contribution in [0.5, 0.6) is 0 Å². The summed E-state index contributed by atoms with van der Waals surface area (Å²) in [6.45, 7) is -0.688. The van der Waals surface area contributed by atoms with E-state index in [0.717, 1.165) is 18.2 Å². The van der Waals surface area contributed by atoms with Gasteiger partial charge in [-0.1, -0.05) is 17.7 Å². The SMILES string of the molecule is O=C1C=C(Nc2c(Cl)cccc2C(F)(F)F)C(=O)N1CCO. The molecule has 2 rings (SSSR count). The van der Waals surface area contributed by atoms with Crippen molar-refractivity contribution >= 4 is 29.1 Å². The number of alkyl halides is 3. The van der Waals surface area contributed by atoms with Crippen LogP contribution in [-0.2, 0) is 15.8 Å². The molecule has 0 aliphatic carbocycles. The molecule has 22 heavy (non-hydrogen) atoms. The van der Waals surface area contributed by atoms with Crippen LogP contribution >= 0.6 is 11.6 Å². The van der Waals surface area contributed by atoms with Gasteiger partial charge in [-0.2, -0.15) is 13.2 Å². The van der Waals surface area contributed by atoms with Crippen LogP contribution in [0.2, 0.25) is 5.02 Å².